The molecule has 1 aliphatic rings. The van der Waals surface area contributed by atoms with Crippen LogP contribution in [0.1, 0.15) is 39.5 Å². The van der Waals surface area contributed by atoms with Gasteiger partial charge >= 0.3 is 0 Å². The highest BCUT2D eigenvalue weighted by molar-refractivity contribution is 5.84. The maximum atomic E-state index is 9.56. The van der Waals surface area contributed by atoms with Crippen molar-refractivity contribution < 1.29 is 10.3 Å². The summed E-state index contributed by atoms with van der Waals surface area (Å²) < 4.78 is 0. The van der Waals surface area contributed by atoms with Crippen molar-refractivity contribution in [1.29, 1.82) is 0 Å². The minimum Gasteiger partial charge on any atom is -0.411 e. The van der Waals surface area contributed by atoms with Crippen molar-refractivity contribution in [1.82, 2.24) is 0 Å². The lowest BCUT2D eigenvalue weighted by Gasteiger charge is -2.32. The van der Waals surface area contributed by atoms with E-state index in [-0.39, 0.29) is 17.9 Å². The number of rotatable bonds is 2. The van der Waals surface area contributed by atoms with Crippen LogP contribution >= 0.6 is 0 Å². The van der Waals surface area contributed by atoms with Crippen LogP contribution in [0.4, 0.5) is 0 Å². The van der Waals surface area contributed by atoms with Gasteiger partial charge in [-0.1, -0.05) is 18.0 Å². The molecule has 76 valence electrons. The third-order valence-corrected chi connectivity index (χ3v) is 3.13. The number of hydrogen-bond donors (Lipinski definition) is 2. The first-order valence-electron chi connectivity index (χ1n) is 5.03. The van der Waals surface area contributed by atoms with Gasteiger partial charge in [0.25, 0.3) is 0 Å². The van der Waals surface area contributed by atoms with Gasteiger partial charge in [0.2, 0.25) is 0 Å². The smallest absolute Gasteiger partial charge is 0.0574 e. The zero-order valence-electron chi connectivity index (χ0n) is 8.40. The van der Waals surface area contributed by atoms with Crippen LogP contribution in [0.5, 0.6) is 0 Å². The second-order valence-electron chi connectivity index (χ2n) is 4.04. The van der Waals surface area contributed by atoms with Crippen LogP contribution in [0.3, 0.4) is 0 Å². The molecule has 0 saturated heterocycles. The summed E-state index contributed by atoms with van der Waals surface area (Å²) in [6, 6.07) is 0. The minimum atomic E-state index is -0.290. The Balaban J connectivity index is 2.67. The van der Waals surface area contributed by atoms with Gasteiger partial charge in [0.1, 0.15) is 0 Å². The zero-order valence-corrected chi connectivity index (χ0v) is 8.40. The van der Waals surface area contributed by atoms with Crippen molar-refractivity contribution in [2.75, 3.05) is 0 Å². The van der Waals surface area contributed by atoms with Crippen molar-refractivity contribution in [3.63, 3.8) is 0 Å². The normalized spacial score (nSPS) is 33.0. The SMILES string of the molecule is C/C(=N\O)C1CCCCC1C(C)O. The third-order valence-electron chi connectivity index (χ3n) is 3.13. The van der Waals surface area contributed by atoms with E-state index >= 15 is 0 Å². The predicted molar refractivity (Wildman–Crippen MR) is 52.0 cm³/mol. The molecule has 0 bridgehead atoms. The maximum absolute atomic E-state index is 9.56. The Morgan fingerprint density at radius 1 is 1.38 bits per heavy atom. The summed E-state index contributed by atoms with van der Waals surface area (Å²) in [5.41, 5.74) is 0.769. The molecule has 0 aromatic carbocycles. The molecule has 3 nitrogen and oxygen atoms in total. The lowest BCUT2D eigenvalue weighted by Crippen LogP contribution is -2.32. The molecular weight excluding hydrogens is 166 g/mol. The van der Waals surface area contributed by atoms with Gasteiger partial charge in [-0.3, -0.25) is 0 Å². The summed E-state index contributed by atoms with van der Waals surface area (Å²) in [6.45, 7) is 3.67. The van der Waals surface area contributed by atoms with Crippen LogP contribution in [-0.2, 0) is 0 Å². The zero-order chi connectivity index (χ0) is 9.84. The van der Waals surface area contributed by atoms with E-state index in [1.807, 2.05) is 13.8 Å². The molecule has 2 N–H and O–H groups in total. The molecule has 3 atom stereocenters. The second-order valence-corrected chi connectivity index (χ2v) is 4.04. The van der Waals surface area contributed by atoms with Gasteiger partial charge in [0.05, 0.1) is 11.8 Å². The maximum Gasteiger partial charge on any atom is 0.0574 e. The summed E-state index contributed by atoms with van der Waals surface area (Å²) in [7, 11) is 0. The molecule has 1 rings (SSSR count). The fourth-order valence-corrected chi connectivity index (χ4v) is 2.33. The van der Waals surface area contributed by atoms with Crippen LogP contribution in [0, 0.1) is 11.8 Å². The van der Waals surface area contributed by atoms with Gasteiger partial charge < -0.3 is 10.3 Å². The van der Waals surface area contributed by atoms with Crippen LogP contribution in [0.2, 0.25) is 0 Å². The monoisotopic (exact) mass is 185 g/mol. The number of nitrogens with zero attached hydrogens (tertiary/aromatic N) is 1. The third kappa shape index (κ3) is 2.44. The first-order chi connectivity index (χ1) is 6.16. The van der Waals surface area contributed by atoms with Gasteiger partial charge in [-0.2, -0.15) is 0 Å². The largest absolute Gasteiger partial charge is 0.411 e. The van der Waals surface area contributed by atoms with E-state index in [1.54, 1.807) is 0 Å². The molecule has 0 amide bonds. The molecule has 13 heavy (non-hydrogen) atoms. The van der Waals surface area contributed by atoms with Crippen molar-refractivity contribution in [3.8, 4) is 0 Å². The molecular formula is C10H19NO2. The van der Waals surface area contributed by atoms with E-state index in [2.05, 4.69) is 5.16 Å². The van der Waals surface area contributed by atoms with Crippen LogP contribution < -0.4 is 0 Å². The number of aliphatic hydroxyl groups is 1. The van der Waals surface area contributed by atoms with Gasteiger partial charge in [-0.25, -0.2) is 0 Å². The van der Waals surface area contributed by atoms with Crippen molar-refractivity contribution >= 4 is 5.71 Å². The first-order valence-corrected chi connectivity index (χ1v) is 5.03. The topological polar surface area (TPSA) is 52.8 Å². The van der Waals surface area contributed by atoms with E-state index in [1.165, 1.54) is 12.8 Å². The van der Waals surface area contributed by atoms with Crippen molar-refractivity contribution in [2.45, 2.75) is 45.6 Å². The molecule has 0 aromatic rings. The van der Waals surface area contributed by atoms with Crippen LogP contribution in [-0.4, -0.2) is 22.1 Å². The standard InChI is InChI=1S/C10H19NO2/c1-7(11-13)9-5-3-4-6-10(9)8(2)12/h8-10,12-13H,3-6H2,1-2H3/b11-7+. The predicted octanol–water partition coefficient (Wildman–Crippen LogP) is 2.02. The Labute approximate surface area is 79.5 Å². The second kappa shape index (κ2) is 4.61. The van der Waals surface area contributed by atoms with E-state index in [0.29, 0.717) is 0 Å². The van der Waals surface area contributed by atoms with E-state index < -0.39 is 0 Å². The molecule has 0 aliphatic heterocycles. The van der Waals surface area contributed by atoms with Crippen LogP contribution in [0.15, 0.2) is 5.16 Å². The summed E-state index contributed by atoms with van der Waals surface area (Å²) in [4.78, 5) is 0. The van der Waals surface area contributed by atoms with Gasteiger partial charge in [-0.05, 0) is 32.6 Å². The Morgan fingerprint density at radius 2 is 2.00 bits per heavy atom. The van der Waals surface area contributed by atoms with Crippen molar-refractivity contribution in [3.05, 3.63) is 0 Å². The molecule has 0 heterocycles. The Morgan fingerprint density at radius 3 is 2.54 bits per heavy atom. The Bertz CT molecular complexity index is 189. The Hall–Kier alpha value is -0.570. The highest BCUT2D eigenvalue weighted by atomic mass is 16.4. The molecule has 1 aliphatic carbocycles. The fourth-order valence-electron chi connectivity index (χ4n) is 2.33. The van der Waals surface area contributed by atoms with E-state index in [0.717, 1.165) is 18.6 Å². The summed E-state index contributed by atoms with van der Waals surface area (Å²) >= 11 is 0. The fraction of sp³-hybridized carbons (Fsp3) is 0.900. The molecule has 0 radical (unpaired) electrons. The van der Waals surface area contributed by atoms with Gasteiger partial charge in [0.15, 0.2) is 0 Å². The molecule has 1 saturated carbocycles. The first kappa shape index (κ1) is 10.5. The molecule has 3 unspecified atom stereocenters. The molecule has 3 heteroatoms. The molecule has 1 fully saturated rings. The average Bonchev–Trinajstić information content (AvgIpc) is 2.16. The van der Waals surface area contributed by atoms with E-state index in [4.69, 9.17) is 5.21 Å². The summed E-state index contributed by atoms with van der Waals surface area (Å²) in [5.74, 6) is 0.559. The van der Waals surface area contributed by atoms with Gasteiger partial charge in [0, 0.05) is 5.92 Å². The summed E-state index contributed by atoms with van der Waals surface area (Å²) in [5, 5.41) is 21.5. The lowest BCUT2D eigenvalue weighted by atomic mass is 9.74. The highest BCUT2D eigenvalue weighted by Crippen LogP contribution is 2.33. The molecule has 0 aromatic heterocycles. The summed E-state index contributed by atoms with van der Waals surface area (Å²) in [6.07, 6.45) is 4.17. The quantitative estimate of drug-likeness (QED) is 0.393. The molecule has 0 spiro atoms. The Kier molecular flexibility index (Phi) is 3.72. The van der Waals surface area contributed by atoms with Crippen molar-refractivity contribution in [2.24, 2.45) is 17.0 Å². The van der Waals surface area contributed by atoms with Gasteiger partial charge in [-0.15, -0.1) is 0 Å². The van der Waals surface area contributed by atoms with E-state index in [9.17, 15) is 5.11 Å². The average molecular weight is 185 g/mol. The lowest BCUT2D eigenvalue weighted by molar-refractivity contribution is 0.0815. The number of aliphatic hydroxyl groups excluding tert-OH is 1. The number of oxime groups is 1. The van der Waals surface area contributed by atoms with Crippen LogP contribution in [0.25, 0.3) is 0 Å². The number of hydrogen-bond acceptors (Lipinski definition) is 3. The highest BCUT2D eigenvalue weighted by Gasteiger charge is 2.30. The minimum absolute atomic E-state index is 0.277.